The van der Waals surface area contributed by atoms with E-state index in [1.165, 1.54) is 16.7 Å². The Hall–Kier alpha value is -1.85. The van der Waals surface area contributed by atoms with E-state index in [9.17, 15) is 5.11 Å². The van der Waals surface area contributed by atoms with Gasteiger partial charge in [-0.1, -0.05) is 54.1 Å². The van der Waals surface area contributed by atoms with Crippen LogP contribution in [-0.2, 0) is 0 Å². The molecule has 1 aliphatic heterocycles. The van der Waals surface area contributed by atoms with Crippen molar-refractivity contribution in [1.82, 2.24) is 14.9 Å². The van der Waals surface area contributed by atoms with Gasteiger partial charge in [0, 0.05) is 24.5 Å². The van der Waals surface area contributed by atoms with Gasteiger partial charge in [-0.15, -0.1) is 24.8 Å². The summed E-state index contributed by atoms with van der Waals surface area (Å²) in [5.41, 5.74) is 4.76. The first-order chi connectivity index (χ1) is 12.2. The molecule has 0 unspecified atom stereocenters. The van der Waals surface area contributed by atoms with Gasteiger partial charge in [0.05, 0.1) is 12.1 Å². The number of β-amino-alcohol motifs (C(OH)–C–C–N with tert-alkyl or cyclic N) is 1. The Morgan fingerprint density at radius 1 is 1.04 bits per heavy atom. The molecule has 1 fully saturated rings. The van der Waals surface area contributed by atoms with Gasteiger partial charge in [-0.25, -0.2) is 4.98 Å². The van der Waals surface area contributed by atoms with Crippen LogP contribution in [-0.4, -0.2) is 33.9 Å². The fourth-order valence-electron chi connectivity index (χ4n) is 3.59. The molecule has 3 aromatic rings. The van der Waals surface area contributed by atoms with Crippen LogP contribution >= 0.6 is 24.8 Å². The number of aromatic nitrogens is 2. The van der Waals surface area contributed by atoms with Crippen molar-refractivity contribution in [2.24, 2.45) is 0 Å². The molecule has 2 atom stereocenters. The number of nitrogens with zero attached hydrogens (tertiary/aromatic N) is 2. The average molecular weight is 406 g/mol. The summed E-state index contributed by atoms with van der Waals surface area (Å²) in [7, 11) is 0. The van der Waals surface area contributed by atoms with Crippen LogP contribution in [0.2, 0.25) is 0 Å². The molecule has 2 N–H and O–H groups in total. The Morgan fingerprint density at radius 3 is 2.48 bits per heavy atom. The van der Waals surface area contributed by atoms with Crippen molar-refractivity contribution >= 4 is 24.8 Å². The average Bonchev–Trinajstić information content (AvgIpc) is 3.12. The van der Waals surface area contributed by atoms with E-state index in [0.717, 1.165) is 24.4 Å². The van der Waals surface area contributed by atoms with E-state index in [-0.39, 0.29) is 37.0 Å². The second-order valence-electron chi connectivity index (χ2n) is 6.73. The second-order valence-corrected chi connectivity index (χ2v) is 6.73. The molecular weight excluding hydrogens is 381 g/mol. The molecule has 0 aliphatic carbocycles. The largest absolute Gasteiger partial charge is 0.390 e. The maximum Gasteiger partial charge on any atom is 0.140 e. The standard InChI is InChI=1S/C21H23N3O.2ClH/c1-15-3-2-4-18(13-15)16-5-7-17(8-6-16)21-23-11-12-24(21)19-9-10-22-14-20(19)25;;/h2-8,11-13,19-20,22,25H,9-10,14H2,1H3;2*1H/t19-,20-;;/m0../s1. The van der Waals surface area contributed by atoms with Crippen LogP contribution in [0, 0.1) is 6.92 Å². The number of hydrogen-bond acceptors (Lipinski definition) is 3. The summed E-state index contributed by atoms with van der Waals surface area (Å²) < 4.78 is 2.12. The van der Waals surface area contributed by atoms with Gasteiger partial charge < -0.3 is 15.0 Å². The van der Waals surface area contributed by atoms with Gasteiger partial charge in [0.2, 0.25) is 0 Å². The quantitative estimate of drug-likeness (QED) is 0.683. The molecule has 4 rings (SSSR count). The summed E-state index contributed by atoms with van der Waals surface area (Å²) in [5, 5.41) is 13.6. The number of aryl methyl sites for hydroxylation is 1. The van der Waals surface area contributed by atoms with E-state index in [2.05, 4.69) is 70.3 Å². The number of aliphatic hydroxyl groups is 1. The van der Waals surface area contributed by atoms with Crippen LogP contribution in [0.3, 0.4) is 0 Å². The summed E-state index contributed by atoms with van der Waals surface area (Å²) in [6, 6.07) is 17.1. The molecule has 0 radical (unpaired) electrons. The number of imidazole rings is 1. The zero-order valence-electron chi connectivity index (χ0n) is 15.2. The van der Waals surface area contributed by atoms with Gasteiger partial charge in [-0.05, 0) is 31.0 Å². The number of aliphatic hydroxyl groups excluding tert-OH is 1. The fraction of sp³-hybridized carbons (Fsp3) is 0.286. The Bertz CT molecular complexity index is 864. The highest BCUT2D eigenvalue weighted by molar-refractivity contribution is 5.85. The minimum Gasteiger partial charge on any atom is -0.390 e. The first-order valence-corrected chi connectivity index (χ1v) is 8.81. The molecule has 1 aliphatic rings. The van der Waals surface area contributed by atoms with Crippen LogP contribution in [0.4, 0.5) is 0 Å². The van der Waals surface area contributed by atoms with Gasteiger partial charge in [-0.3, -0.25) is 0 Å². The molecule has 1 aromatic heterocycles. The Labute approximate surface area is 172 Å². The van der Waals surface area contributed by atoms with Crippen LogP contribution in [0.1, 0.15) is 18.0 Å². The highest BCUT2D eigenvalue weighted by atomic mass is 35.5. The van der Waals surface area contributed by atoms with Gasteiger partial charge >= 0.3 is 0 Å². The molecule has 2 heterocycles. The maximum atomic E-state index is 10.3. The molecule has 0 bridgehead atoms. The number of piperidine rings is 1. The first-order valence-electron chi connectivity index (χ1n) is 8.81. The van der Waals surface area contributed by atoms with Crippen molar-refractivity contribution < 1.29 is 5.11 Å². The first kappa shape index (κ1) is 21.5. The van der Waals surface area contributed by atoms with Crippen LogP contribution in [0.25, 0.3) is 22.5 Å². The van der Waals surface area contributed by atoms with E-state index in [1.54, 1.807) is 0 Å². The van der Waals surface area contributed by atoms with Crippen LogP contribution in [0.15, 0.2) is 60.9 Å². The molecule has 2 aromatic carbocycles. The maximum absolute atomic E-state index is 10.3. The van der Waals surface area contributed by atoms with E-state index >= 15 is 0 Å². The summed E-state index contributed by atoms with van der Waals surface area (Å²) in [6.45, 7) is 3.67. The van der Waals surface area contributed by atoms with E-state index < -0.39 is 0 Å². The SMILES string of the molecule is Cc1cccc(-c2ccc(-c3nccn3[C@H]3CCNC[C@@H]3O)cc2)c1.Cl.Cl. The highest BCUT2D eigenvalue weighted by Gasteiger charge is 2.26. The van der Waals surface area contributed by atoms with Crippen molar-refractivity contribution in [3.8, 4) is 22.5 Å². The zero-order chi connectivity index (χ0) is 17.2. The van der Waals surface area contributed by atoms with Crippen molar-refractivity contribution in [2.45, 2.75) is 25.5 Å². The predicted octanol–water partition coefficient (Wildman–Crippen LogP) is 4.26. The van der Waals surface area contributed by atoms with Gasteiger partial charge in [0.15, 0.2) is 0 Å². The number of benzene rings is 2. The molecule has 6 heteroatoms. The lowest BCUT2D eigenvalue weighted by molar-refractivity contribution is 0.0880. The van der Waals surface area contributed by atoms with Crippen molar-refractivity contribution in [1.29, 1.82) is 0 Å². The molecule has 27 heavy (non-hydrogen) atoms. The lowest BCUT2D eigenvalue weighted by Crippen LogP contribution is -2.41. The monoisotopic (exact) mass is 405 g/mol. The number of halogens is 2. The van der Waals surface area contributed by atoms with Crippen molar-refractivity contribution in [2.75, 3.05) is 13.1 Å². The third kappa shape index (κ3) is 4.53. The summed E-state index contributed by atoms with van der Waals surface area (Å²) >= 11 is 0. The molecule has 0 amide bonds. The predicted molar refractivity (Wildman–Crippen MR) is 115 cm³/mol. The summed E-state index contributed by atoms with van der Waals surface area (Å²) in [6.07, 6.45) is 4.32. The molecule has 0 saturated carbocycles. The highest BCUT2D eigenvalue weighted by Crippen LogP contribution is 2.28. The lowest BCUT2D eigenvalue weighted by Gasteiger charge is -2.30. The number of hydrogen-bond donors (Lipinski definition) is 2. The smallest absolute Gasteiger partial charge is 0.140 e. The van der Waals surface area contributed by atoms with E-state index in [0.29, 0.717) is 6.54 Å². The van der Waals surface area contributed by atoms with E-state index in [1.807, 2.05) is 12.4 Å². The Balaban J connectivity index is 0.00000131. The Morgan fingerprint density at radius 2 is 1.78 bits per heavy atom. The number of rotatable bonds is 3. The minimum absolute atomic E-state index is 0. The minimum atomic E-state index is -0.381. The van der Waals surface area contributed by atoms with Gasteiger partial charge in [0.1, 0.15) is 5.82 Å². The van der Waals surface area contributed by atoms with Crippen LogP contribution < -0.4 is 5.32 Å². The van der Waals surface area contributed by atoms with Crippen molar-refractivity contribution in [3.63, 3.8) is 0 Å². The number of nitrogens with one attached hydrogen (secondary N) is 1. The summed E-state index contributed by atoms with van der Waals surface area (Å²) in [5.74, 6) is 0.918. The molecule has 144 valence electrons. The van der Waals surface area contributed by atoms with Gasteiger partial charge in [0.25, 0.3) is 0 Å². The van der Waals surface area contributed by atoms with Crippen LogP contribution in [0.5, 0.6) is 0 Å². The van der Waals surface area contributed by atoms with Gasteiger partial charge in [-0.2, -0.15) is 0 Å². The molecule has 1 saturated heterocycles. The molecule has 4 nitrogen and oxygen atoms in total. The zero-order valence-corrected chi connectivity index (χ0v) is 16.8. The lowest BCUT2D eigenvalue weighted by atomic mass is 10.0. The third-order valence-electron chi connectivity index (χ3n) is 4.93. The fourth-order valence-corrected chi connectivity index (χ4v) is 3.59. The Kier molecular flexibility index (Phi) is 7.45. The third-order valence-corrected chi connectivity index (χ3v) is 4.93. The second kappa shape index (κ2) is 9.38. The van der Waals surface area contributed by atoms with Crippen molar-refractivity contribution in [3.05, 3.63) is 66.5 Å². The molecular formula is C21H25Cl2N3O. The topological polar surface area (TPSA) is 50.1 Å². The summed E-state index contributed by atoms with van der Waals surface area (Å²) in [4.78, 5) is 4.54. The molecule has 0 spiro atoms. The normalized spacial score (nSPS) is 19.0. The van der Waals surface area contributed by atoms with E-state index in [4.69, 9.17) is 0 Å².